The molecule has 7 nitrogen and oxygen atoms in total. The average molecular weight is 333 g/mol. The molecule has 0 aliphatic heterocycles. The Morgan fingerprint density at radius 2 is 2.17 bits per heavy atom. The van der Waals surface area contributed by atoms with E-state index < -0.39 is 11.5 Å². The third-order valence-corrected chi connectivity index (χ3v) is 4.00. The van der Waals surface area contributed by atoms with Crippen molar-refractivity contribution >= 4 is 11.9 Å². The molecule has 1 fully saturated rings. The number of aryl methyl sites for hydroxylation is 2. The molecule has 1 aliphatic carbocycles. The Balaban J connectivity index is 1.59. The first kappa shape index (κ1) is 16.1. The van der Waals surface area contributed by atoms with Crippen LogP contribution in [0.3, 0.4) is 0 Å². The zero-order valence-corrected chi connectivity index (χ0v) is 13.0. The number of hydrogen-bond acceptors (Lipinski definition) is 5. The minimum absolute atomic E-state index is 0.0406. The molecule has 2 N–H and O–H groups in total. The fraction of sp³-hybridized carbons (Fsp3) is 0.375. The molecule has 24 heavy (non-hydrogen) atoms. The molecule has 1 saturated carbocycles. The van der Waals surface area contributed by atoms with Gasteiger partial charge in [-0.1, -0.05) is 17.3 Å². The highest BCUT2D eigenvalue weighted by atomic mass is 19.1. The van der Waals surface area contributed by atoms with Gasteiger partial charge in [0.2, 0.25) is 17.6 Å². The molecule has 8 heteroatoms. The van der Waals surface area contributed by atoms with Crippen LogP contribution in [-0.4, -0.2) is 32.7 Å². The SMILES string of the molecule is Cc1ccc(-c2noc(CCC(=O)NC3(C(=O)O)CC3)n2)cc1F. The number of benzene rings is 1. The minimum Gasteiger partial charge on any atom is -0.480 e. The maximum Gasteiger partial charge on any atom is 0.329 e. The molecule has 0 spiro atoms. The molecule has 1 amide bonds. The van der Waals surface area contributed by atoms with Gasteiger partial charge in [-0.3, -0.25) is 4.79 Å². The number of nitrogens with one attached hydrogen (secondary N) is 1. The lowest BCUT2D eigenvalue weighted by Crippen LogP contribution is -2.43. The lowest BCUT2D eigenvalue weighted by atomic mass is 10.1. The molecule has 0 atom stereocenters. The van der Waals surface area contributed by atoms with E-state index in [0.29, 0.717) is 24.0 Å². The summed E-state index contributed by atoms with van der Waals surface area (Å²) in [7, 11) is 0. The number of carboxylic acids is 1. The van der Waals surface area contributed by atoms with Gasteiger partial charge in [-0.15, -0.1) is 0 Å². The van der Waals surface area contributed by atoms with Crippen molar-refractivity contribution in [2.45, 2.75) is 38.1 Å². The number of aromatic nitrogens is 2. The van der Waals surface area contributed by atoms with Crippen molar-refractivity contribution in [2.24, 2.45) is 0 Å². The highest BCUT2D eigenvalue weighted by Crippen LogP contribution is 2.35. The van der Waals surface area contributed by atoms with Crippen molar-refractivity contribution in [3.05, 3.63) is 35.5 Å². The molecule has 126 valence electrons. The van der Waals surface area contributed by atoms with Crippen LogP contribution in [0.4, 0.5) is 4.39 Å². The normalized spacial score (nSPS) is 15.1. The van der Waals surface area contributed by atoms with E-state index in [9.17, 15) is 14.0 Å². The molecule has 1 aliphatic rings. The van der Waals surface area contributed by atoms with Crippen molar-refractivity contribution in [3.8, 4) is 11.4 Å². The first-order valence-electron chi connectivity index (χ1n) is 7.53. The Labute approximate surface area is 136 Å². The zero-order chi connectivity index (χ0) is 17.3. The lowest BCUT2D eigenvalue weighted by molar-refractivity contribution is -0.143. The van der Waals surface area contributed by atoms with Crippen LogP contribution in [-0.2, 0) is 16.0 Å². The van der Waals surface area contributed by atoms with Crippen molar-refractivity contribution in [2.75, 3.05) is 0 Å². The van der Waals surface area contributed by atoms with Crippen molar-refractivity contribution < 1.29 is 23.6 Å². The summed E-state index contributed by atoms with van der Waals surface area (Å²) in [6, 6.07) is 4.62. The van der Waals surface area contributed by atoms with Crippen molar-refractivity contribution in [3.63, 3.8) is 0 Å². The number of halogens is 1. The molecule has 0 saturated heterocycles. The van der Waals surface area contributed by atoms with Crippen LogP contribution in [0.25, 0.3) is 11.4 Å². The van der Waals surface area contributed by atoms with E-state index in [-0.39, 0.29) is 36.3 Å². The zero-order valence-electron chi connectivity index (χ0n) is 13.0. The minimum atomic E-state index is -1.10. The number of amides is 1. The number of nitrogens with zero attached hydrogens (tertiary/aromatic N) is 2. The number of carbonyl (C=O) groups excluding carboxylic acids is 1. The summed E-state index contributed by atoms with van der Waals surface area (Å²) in [4.78, 5) is 27.0. The summed E-state index contributed by atoms with van der Waals surface area (Å²) in [5, 5.41) is 15.3. The van der Waals surface area contributed by atoms with Crippen molar-refractivity contribution in [1.29, 1.82) is 0 Å². The number of hydrogen-bond donors (Lipinski definition) is 2. The first-order chi connectivity index (χ1) is 11.4. The van der Waals surface area contributed by atoms with Gasteiger partial charge in [0.15, 0.2) is 0 Å². The van der Waals surface area contributed by atoms with E-state index in [4.69, 9.17) is 9.63 Å². The second kappa shape index (κ2) is 6.03. The van der Waals surface area contributed by atoms with Crippen LogP contribution in [0.15, 0.2) is 22.7 Å². The van der Waals surface area contributed by atoms with Gasteiger partial charge < -0.3 is 14.9 Å². The summed E-state index contributed by atoms with van der Waals surface area (Å²) in [6.07, 6.45) is 1.11. The van der Waals surface area contributed by atoms with E-state index in [2.05, 4.69) is 15.5 Å². The van der Waals surface area contributed by atoms with Crippen LogP contribution in [0, 0.1) is 12.7 Å². The van der Waals surface area contributed by atoms with E-state index in [0.717, 1.165) is 0 Å². The standard InChI is InChI=1S/C16H16FN3O4/c1-9-2-3-10(8-11(9)17)14-18-13(24-20-14)5-4-12(21)19-16(6-7-16)15(22)23/h2-3,8H,4-7H2,1H3,(H,19,21)(H,22,23). The van der Waals surface area contributed by atoms with Gasteiger partial charge in [-0.2, -0.15) is 4.98 Å². The van der Waals surface area contributed by atoms with Crippen LogP contribution in [0.5, 0.6) is 0 Å². The van der Waals surface area contributed by atoms with Crippen molar-refractivity contribution in [1.82, 2.24) is 15.5 Å². The van der Waals surface area contributed by atoms with Crippen LogP contribution >= 0.6 is 0 Å². The van der Waals surface area contributed by atoms with Gasteiger partial charge in [-0.25, -0.2) is 9.18 Å². The maximum absolute atomic E-state index is 13.6. The molecule has 1 aromatic carbocycles. The Morgan fingerprint density at radius 1 is 1.42 bits per heavy atom. The highest BCUT2D eigenvalue weighted by Gasteiger charge is 2.51. The van der Waals surface area contributed by atoms with E-state index in [1.807, 2.05) is 0 Å². The highest BCUT2D eigenvalue weighted by molar-refractivity contribution is 5.89. The molecule has 0 radical (unpaired) electrons. The Morgan fingerprint density at radius 3 is 2.79 bits per heavy atom. The predicted octanol–water partition coefficient (Wildman–Crippen LogP) is 1.85. The third kappa shape index (κ3) is 3.27. The van der Waals surface area contributed by atoms with Crippen LogP contribution < -0.4 is 5.32 Å². The van der Waals surface area contributed by atoms with Gasteiger partial charge in [0, 0.05) is 18.4 Å². The predicted molar refractivity (Wildman–Crippen MR) is 80.5 cm³/mol. The fourth-order valence-electron chi connectivity index (χ4n) is 2.27. The largest absolute Gasteiger partial charge is 0.480 e. The number of rotatable bonds is 6. The number of aliphatic carboxylic acids is 1. The number of carboxylic acid groups (broad SMARTS) is 1. The van der Waals surface area contributed by atoms with Gasteiger partial charge in [0.25, 0.3) is 0 Å². The Kier molecular flexibility index (Phi) is 4.04. The summed E-state index contributed by atoms with van der Waals surface area (Å²) in [6.45, 7) is 1.66. The monoisotopic (exact) mass is 333 g/mol. The average Bonchev–Trinajstić information content (AvgIpc) is 3.17. The molecule has 1 aromatic heterocycles. The maximum atomic E-state index is 13.6. The van der Waals surface area contributed by atoms with Gasteiger partial charge in [-0.05, 0) is 31.4 Å². The fourth-order valence-corrected chi connectivity index (χ4v) is 2.27. The molecule has 0 unspecified atom stereocenters. The third-order valence-electron chi connectivity index (χ3n) is 4.00. The molecular formula is C16H16FN3O4. The molecule has 0 bridgehead atoms. The summed E-state index contributed by atoms with van der Waals surface area (Å²) < 4.78 is 18.6. The van der Waals surface area contributed by atoms with Crippen LogP contribution in [0.2, 0.25) is 0 Å². The summed E-state index contributed by atoms with van der Waals surface area (Å²) in [5.41, 5.74) is -0.0943. The first-order valence-corrected chi connectivity index (χ1v) is 7.53. The molecule has 3 rings (SSSR count). The van der Waals surface area contributed by atoms with Gasteiger partial charge in [0.1, 0.15) is 11.4 Å². The second-order valence-corrected chi connectivity index (χ2v) is 5.91. The Hall–Kier alpha value is -2.77. The quantitative estimate of drug-likeness (QED) is 0.836. The topological polar surface area (TPSA) is 105 Å². The molecular weight excluding hydrogens is 317 g/mol. The molecule has 1 heterocycles. The van der Waals surface area contributed by atoms with Crippen LogP contribution in [0.1, 0.15) is 30.7 Å². The van der Waals surface area contributed by atoms with Gasteiger partial charge in [0.05, 0.1) is 0 Å². The lowest BCUT2D eigenvalue weighted by Gasteiger charge is -2.11. The van der Waals surface area contributed by atoms with E-state index in [1.165, 1.54) is 6.07 Å². The van der Waals surface area contributed by atoms with Gasteiger partial charge >= 0.3 is 5.97 Å². The summed E-state index contributed by atoms with van der Waals surface area (Å²) >= 11 is 0. The summed E-state index contributed by atoms with van der Waals surface area (Å²) in [5.74, 6) is -1.27. The number of carbonyl (C=O) groups is 2. The molecule has 2 aromatic rings. The Bertz CT molecular complexity index is 798. The second-order valence-electron chi connectivity index (χ2n) is 5.91. The smallest absolute Gasteiger partial charge is 0.329 e. The van der Waals surface area contributed by atoms with E-state index in [1.54, 1.807) is 19.1 Å². The van der Waals surface area contributed by atoms with E-state index >= 15 is 0 Å².